The zero-order chi connectivity index (χ0) is 17.5. The summed E-state index contributed by atoms with van der Waals surface area (Å²) in [5.74, 6) is -1.39. The number of carbonyl (C=O) groups is 2. The Morgan fingerprint density at radius 3 is 2.83 bits per heavy atom. The van der Waals surface area contributed by atoms with Crippen LogP contribution in [0.25, 0.3) is 0 Å². The summed E-state index contributed by atoms with van der Waals surface area (Å²) in [4.78, 5) is 24.0. The van der Waals surface area contributed by atoms with Gasteiger partial charge in [0.15, 0.2) is 6.10 Å². The number of benzene rings is 1. The molecule has 0 saturated carbocycles. The molecular formula is C18H22ClNO4. The zero-order valence-electron chi connectivity index (χ0n) is 13.7. The van der Waals surface area contributed by atoms with Crippen molar-refractivity contribution >= 4 is 23.5 Å². The quantitative estimate of drug-likeness (QED) is 0.606. The number of amides is 1. The molecule has 2 rings (SSSR count). The van der Waals surface area contributed by atoms with E-state index < -0.39 is 12.1 Å². The molecule has 0 spiro atoms. The molecule has 0 radical (unpaired) electrons. The van der Waals surface area contributed by atoms with Gasteiger partial charge in [0.25, 0.3) is 5.91 Å². The van der Waals surface area contributed by atoms with Crippen LogP contribution in [-0.4, -0.2) is 29.6 Å². The summed E-state index contributed by atoms with van der Waals surface area (Å²) in [7, 11) is 0. The van der Waals surface area contributed by atoms with Gasteiger partial charge in [-0.05, 0) is 57.2 Å². The van der Waals surface area contributed by atoms with Gasteiger partial charge in [0.05, 0.1) is 0 Å². The molecule has 1 aromatic carbocycles. The summed E-state index contributed by atoms with van der Waals surface area (Å²) < 4.78 is 5.09. The lowest BCUT2D eigenvalue weighted by Crippen LogP contribution is -2.36. The van der Waals surface area contributed by atoms with Gasteiger partial charge < -0.3 is 15.2 Å². The number of ether oxygens (including phenoxy) is 1. The molecule has 1 amide bonds. The second-order valence-corrected chi connectivity index (χ2v) is 6.29. The highest BCUT2D eigenvalue weighted by Crippen LogP contribution is 2.23. The number of hydrogen-bond donors (Lipinski definition) is 2. The predicted octanol–water partition coefficient (Wildman–Crippen LogP) is 3.60. The average molecular weight is 352 g/mol. The van der Waals surface area contributed by atoms with E-state index >= 15 is 0 Å². The van der Waals surface area contributed by atoms with Crippen LogP contribution >= 0.6 is 11.6 Å². The summed E-state index contributed by atoms with van der Waals surface area (Å²) in [5, 5.41) is 12.8. The fourth-order valence-corrected chi connectivity index (χ4v) is 2.74. The van der Waals surface area contributed by atoms with Crippen LogP contribution in [-0.2, 0) is 9.53 Å². The smallest absolute Gasteiger partial charge is 0.342 e. The van der Waals surface area contributed by atoms with Crippen molar-refractivity contribution in [2.75, 3.05) is 6.54 Å². The van der Waals surface area contributed by atoms with Crippen LogP contribution in [0.1, 0.15) is 49.4 Å². The number of rotatable bonds is 6. The predicted molar refractivity (Wildman–Crippen MR) is 92.2 cm³/mol. The molecule has 0 heterocycles. The van der Waals surface area contributed by atoms with E-state index in [1.165, 1.54) is 43.5 Å². The number of hydrogen-bond acceptors (Lipinski definition) is 4. The maximum absolute atomic E-state index is 12.0. The maximum Gasteiger partial charge on any atom is 0.342 e. The van der Waals surface area contributed by atoms with Crippen molar-refractivity contribution in [3.63, 3.8) is 0 Å². The van der Waals surface area contributed by atoms with Gasteiger partial charge in [-0.3, -0.25) is 4.79 Å². The first kappa shape index (κ1) is 18.3. The molecule has 6 heteroatoms. The van der Waals surface area contributed by atoms with Crippen molar-refractivity contribution in [1.29, 1.82) is 0 Å². The molecule has 24 heavy (non-hydrogen) atoms. The number of carbonyl (C=O) groups excluding carboxylic acids is 2. The van der Waals surface area contributed by atoms with Crippen molar-refractivity contribution in [1.82, 2.24) is 5.32 Å². The third-order valence-electron chi connectivity index (χ3n) is 3.96. The number of phenols is 1. The summed E-state index contributed by atoms with van der Waals surface area (Å²) in [6, 6.07) is 4.08. The number of allylic oxidation sites excluding steroid dienone is 1. The summed E-state index contributed by atoms with van der Waals surface area (Å²) in [6.45, 7) is 2.03. The largest absolute Gasteiger partial charge is 0.507 e. The number of phenolic OH excluding ortho intramolecular Hbond substituents is 1. The van der Waals surface area contributed by atoms with Gasteiger partial charge in [0.2, 0.25) is 0 Å². The van der Waals surface area contributed by atoms with Gasteiger partial charge in [-0.15, -0.1) is 0 Å². The highest BCUT2D eigenvalue weighted by atomic mass is 35.5. The molecule has 1 atom stereocenters. The third-order valence-corrected chi connectivity index (χ3v) is 4.20. The Morgan fingerprint density at radius 2 is 2.17 bits per heavy atom. The van der Waals surface area contributed by atoms with Crippen molar-refractivity contribution in [3.05, 3.63) is 40.4 Å². The molecule has 1 aliphatic carbocycles. The minimum atomic E-state index is -0.937. The van der Waals surface area contributed by atoms with E-state index in [4.69, 9.17) is 16.3 Å². The SMILES string of the molecule is C[C@@H](OC(=O)c1ccc(Cl)cc1O)C(=O)NCCC1=CCCCC1. The fourth-order valence-electron chi connectivity index (χ4n) is 2.58. The Labute approximate surface area is 146 Å². The van der Waals surface area contributed by atoms with Crippen LogP contribution in [0.5, 0.6) is 5.75 Å². The number of nitrogens with one attached hydrogen (secondary N) is 1. The molecule has 1 aromatic rings. The van der Waals surface area contributed by atoms with Gasteiger partial charge in [0, 0.05) is 11.6 Å². The molecule has 2 N–H and O–H groups in total. The first-order valence-electron chi connectivity index (χ1n) is 8.12. The van der Waals surface area contributed by atoms with Crippen LogP contribution < -0.4 is 5.32 Å². The van der Waals surface area contributed by atoms with Crippen LogP contribution in [0.2, 0.25) is 5.02 Å². The van der Waals surface area contributed by atoms with Gasteiger partial charge in [-0.1, -0.05) is 23.3 Å². The molecule has 1 aliphatic rings. The summed E-state index contributed by atoms with van der Waals surface area (Å²) >= 11 is 5.72. The molecule has 0 unspecified atom stereocenters. The first-order valence-corrected chi connectivity index (χ1v) is 8.50. The molecule has 5 nitrogen and oxygen atoms in total. The second kappa shape index (κ2) is 8.73. The van der Waals surface area contributed by atoms with Crippen LogP contribution in [0, 0.1) is 0 Å². The van der Waals surface area contributed by atoms with Crippen LogP contribution in [0.15, 0.2) is 29.8 Å². The summed E-state index contributed by atoms with van der Waals surface area (Å²) in [6.07, 6.45) is 6.77. The Bertz CT molecular complexity index is 642. The third kappa shape index (κ3) is 5.27. The first-order chi connectivity index (χ1) is 11.5. The zero-order valence-corrected chi connectivity index (χ0v) is 14.4. The normalized spacial score (nSPS) is 15.3. The highest BCUT2D eigenvalue weighted by molar-refractivity contribution is 6.30. The van der Waals surface area contributed by atoms with E-state index in [1.54, 1.807) is 0 Å². The van der Waals surface area contributed by atoms with E-state index in [9.17, 15) is 14.7 Å². The van der Waals surface area contributed by atoms with E-state index in [0.29, 0.717) is 11.6 Å². The summed E-state index contributed by atoms with van der Waals surface area (Å²) in [5.41, 5.74) is 1.35. The minimum Gasteiger partial charge on any atom is -0.507 e. The topological polar surface area (TPSA) is 75.6 Å². The average Bonchev–Trinajstić information content (AvgIpc) is 2.55. The Kier molecular flexibility index (Phi) is 6.67. The standard InChI is InChI=1S/C18H22ClNO4/c1-12(17(22)20-10-9-13-5-3-2-4-6-13)24-18(23)15-8-7-14(19)11-16(15)21/h5,7-8,11-12,21H,2-4,6,9-10H2,1H3,(H,20,22)/t12-/m1/s1. The lowest BCUT2D eigenvalue weighted by molar-refractivity contribution is -0.129. The number of halogens is 1. The molecule has 0 saturated heterocycles. The van der Waals surface area contributed by atoms with E-state index in [1.807, 2.05) is 0 Å². The van der Waals surface area contributed by atoms with Gasteiger partial charge in [0.1, 0.15) is 11.3 Å². The van der Waals surface area contributed by atoms with Crippen LogP contribution in [0.3, 0.4) is 0 Å². The van der Waals surface area contributed by atoms with Crippen molar-refractivity contribution in [2.45, 2.75) is 45.1 Å². The van der Waals surface area contributed by atoms with Crippen LogP contribution in [0.4, 0.5) is 0 Å². The fraction of sp³-hybridized carbons (Fsp3) is 0.444. The molecule has 0 bridgehead atoms. The Balaban J connectivity index is 1.80. The number of aromatic hydroxyl groups is 1. The van der Waals surface area contributed by atoms with Crippen molar-refractivity contribution in [2.24, 2.45) is 0 Å². The Hall–Kier alpha value is -2.01. The van der Waals surface area contributed by atoms with E-state index in [0.717, 1.165) is 19.3 Å². The Morgan fingerprint density at radius 1 is 1.38 bits per heavy atom. The van der Waals surface area contributed by atoms with Crippen molar-refractivity contribution < 1.29 is 19.4 Å². The van der Waals surface area contributed by atoms with E-state index in [2.05, 4.69) is 11.4 Å². The number of esters is 1. The van der Waals surface area contributed by atoms with Crippen molar-refractivity contribution in [3.8, 4) is 5.75 Å². The van der Waals surface area contributed by atoms with E-state index in [-0.39, 0.29) is 17.2 Å². The molecule has 0 fully saturated rings. The lowest BCUT2D eigenvalue weighted by Gasteiger charge is -2.16. The van der Waals surface area contributed by atoms with Gasteiger partial charge >= 0.3 is 5.97 Å². The molecular weight excluding hydrogens is 330 g/mol. The second-order valence-electron chi connectivity index (χ2n) is 5.86. The lowest BCUT2D eigenvalue weighted by atomic mass is 9.97. The monoisotopic (exact) mass is 351 g/mol. The minimum absolute atomic E-state index is 0.0218. The molecule has 0 aliphatic heterocycles. The molecule has 130 valence electrons. The van der Waals surface area contributed by atoms with Gasteiger partial charge in [-0.2, -0.15) is 0 Å². The maximum atomic E-state index is 12.0. The van der Waals surface area contributed by atoms with Gasteiger partial charge in [-0.25, -0.2) is 4.79 Å². The molecule has 0 aromatic heterocycles. The highest BCUT2D eigenvalue weighted by Gasteiger charge is 2.20.